The molecular formula is C20H21ClN4O4. The third kappa shape index (κ3) is 4.83. The van der Waals surface area contributed by atoms with Crippen LogP contribution in [0.4, 0.5) is 11.6 Å². The summed E-state index contributed by atoms with van der Waals surface area (Å²) in [6.45, 7) is 3.93. The Morgan fingerprint density at radius 1 is 1.24 bits per heavy atom. The molecule has 0 fully saturated rings. The second kappa shape index (κ2) is 8.91. The van der Waals surface area contributed by atoms with E-state index in [0.717, 1.165) is 6.42 Å². The molecule has 1 heterocycles. The van der Waals surface area contributed by atoms with Gasteiger partial charge in [-0.2, -0.15) is 0 Å². The van der Waals surface area contributed by atoms with Gasteiger partial charge in [-0.15, -0.1) is 9.94 Å². The number of benzene rings is 2. The van der Waals surface area contributed by atoms with Crippen LogP contribution in [-0.4, -0.2) is 35.8 Å². The average Bonchev–Trinajstić information content (AvgIpc) is 2.71. The minimum absolute atomic E-state index is 0.116. The molecule has 2 aromatic carbocycles. The molecular weight excluding hydrogens is 396 g/mol. The van der Waals surface area contributed by atoms with Crippen molar-refractivity contribution < 1.29 is 19.1 Å². The van der Waals surface area contributed by atoms with Crippen LogP contribution in [0, 0.1) is 5.21 Å². The van der Waals surface area contributed by atoms with Gasteiger partial charge in [0, 0.05) is 5.02 Å². The molecule has 0 amide bonds. The number of fused-ring (bicyclic) bond motifs is 1. The summed E-state index contributed by atoms with van der Waals surface area (Å²) < 4.78 is 10.7. The number of ether oxygens (including phenoxy) is 2. The second-order valence-electron chi connectivity index (χ2n) is 6.40. The Morgan fingerprint density at radius 2 is 1.97 bits per heavy atom. The molecule has 0 radical (unpaired) electrons. The molecule has 0 aliphatic carbocycles. The van der Waals surface area contributed by atoms with Crippen molar-refractivity contribution >= 4 is 40.2 Å². The summed E-state index contributed by atoms with van der Waals surface area (Å²) in [5.74, 6) is 0.217. The zero-order chi connectivity index (χ0) is 21.0. The van der Waals surface area contributed by atoms with Crippen molar-refractivity contribution in [3.8, 4) is 5.75 Å². The van der Waals surface area contributed by atoms with Gasteiger partial charge in [0.1, 0.15) is 17.0 Å². The van der Waals surface area contributed by atoms with E-state index >= 15 is 0 Å². The minimum atomic E-state index is -0.716. The van der Waals surface area contributed by atoms with Gasteiger partial charge >= 0.3 is 11.9 Å². The monoisotopic (exact) mass is 416 g/mol. The fraction of sp³-hybridized carbons (Fsp3) is 0.300. The van der Waals surface area contributed by atoms with Crippen molar-refractivity contribution in [1.82, 2.24) is 10.1 Å². The lowest BCUT2D eigenvalue weighted by Gasteiger charge is -2.17. The van der Waals surface area contributed by atoms with E-state index < -0.39 is 12.1 Å². The van der Waals surface area contributed by atoms with Crippen molar-refractivity contribution in [3.63, 3.8) is 0 Å². The fourth-order valence-electron chi connectivity index (χ4n) is 2.60. The lowest BCUT2D eigenvalue weighted by molar-refractivity contribution is -0.656. The van der Waals surface area contributed by atoms with E-state index in [-0.39, 0.29) is 5.95 Å². The van der Waals surface area contributed by atoms with Gasteiger partial charge in [0.05, 0.1) is 13.7 Å². The van der Waals surface area contributed by atoms with E-state index in [1.165, 1.54) is 0 Å². The smallest absolute Gasteiger partial charge is 0.419 e. The van der Waals surface area contributed by atoms with Crippen molar-refractivity contribution in [1.29, 1.82) is 0 Å². The Hall–Kier alpha value is -3.13. The molecule has 152 valence electrons. The van der Waals surface area contributed by atoms with Gasteiger partial charge in [0.25, 0.3) is 0 Å². The molecule has 0 aliphatic heterocycles. The average molecular weight is 417 g/mol. The molecule has 0 aliphatic rings. The highest BCUT2D eigenvalue weighted by molar-refractivity contribution is 6.31. The maximum absolute atomic E-state index is 12.3. The van der Waals surface area contributed by atoms with Gasteiger partial charge in [-0.05, 0) is 55.8 Å². The largest absolute Gasteiger partial charge is 0.722 e. The van der Waals surface area contributed by atoms with E-state index in [2.05, 4.69) is 10.1 Å². The maximum atomic E-state index is 12.3. The summed E-state index contributed by atoms with van der Waals surface area (Å²) in [6, 6.07) is 11.9. The first-order valence-electron chi connectivity index (χ1n) is 9.13. The topological polar surface area (TPSA) is 91.5 Å². The van der Waals surface area contributed by atoms with Crippen LogP contribution in [0.3, 0.4) is 0 Å². The predicted molar refractivity (Wildman–Crippen MR) is 109 cm³/mol. The molecule has 3 rings (SSSR count). The van der Waals surface area contributed by atoms with E-state index in [1.54, 1.807) is 61.3 Å². The molecule has 0 spiro atoms. The Balaban J connectivity index is 1.76. The van der Waals surface area contributed by atoms with Crippen LogP contribution in [0.1, 0.15) is 20.3 Å². The van der Waals surface area contributed by atoms with Crippen LogP contribution in [0.5, 0.6) is 5.75 Å². The molecule has 1 atom stereocenters. The number of rotatable bonds is 7. The van der Waals surface area contributed by atoms with Gasteiger partial charge in [-0.25, -0.2) is 9.69 Å². The van der Waals surface area contributed by atoms with E-state index in [0.29, 0.717) is 38.9 Å². The van der Waals surface area contributed by atoms with Crippen molar-refractivity contribution in [2.24, 2.45) is 0 Å². The first-order chi connectivity index (χ1) is 13.9. The molecule has 29 heavy (non-hydrogen) atoms. The van der Waals surface area contributed by atoms with Crippen LogP contribution in [0.25, 0.3) is 11.0 Å². The van der Waals surface area contributed by atoms with Crippen molar-refractivity contribution in [2.45, 2.75) is 26.4 Å². The molecule has 8 nitrogen and oxygen atoms in total. The summed E-state index contributed by atoms with van der Waals surface area (Å²) in [5.41, 5.74) is 1.67. The van der Waals surface area contributed by atoms with Gasteiger partial charge in [0.2, 0.25) is 0 Å². The van der Waals surface area contributed by atoms with Crippen LogP contribution >= 0.6 is 11.6 Å². The number of carbonyl (C=O) groups excluding carboxylic acids is 1. The lowest BCUT2D eigenvalue weighted by atomic mass is 10.3. The Bertz CT molecular complexity index is 1010. The number of hydrogen-bond donors (Lipinski definition) is 0. The number of nitrogens with zero attached hydrogens (tertiary/aromatic N) is 4. The highest BCUT2D eigenvalue weighted by Crippen LogP contribution is 2.24. The SMILES string of the molecule is CCCOC(=O)C(C)Oc1ccc(N(C)c2nc3ccc(Cl)cc3n[n+]2[O-])cc1. The number of halogens is 1. The molecule has 0 saturated heterocycles. The van der Waals surface area contributed by atoms with Crippen LogP contribution in [0.2, 0.25) is 5.02 Å². The Labute approximate surface area is 173 Å². The van der Waals surface area contributed by atoms with E-state index in [1.807, 2.05) is 6.92 Å². The zero-order valence-corrected chi connectivity index (χ0v) is 17.1. The molecule has 1 unspecified atom stereocenters. The third-order valence-electron chi connectivity index (χ3n) is 4.14. The highest BCUT2D eigenvalue weighted by atomic mass is 35.5. The summed E-state index contributed by atoms with van der Waals surface area (Å²) >= 11 is 5.93. The van der Waals surface area contributed by atoms with Gasteiger partial charge in [-0.1, -0.05) is 23.5 Å². The number of hydrogen-bond acceptors (Lipinski definition) is 7. The summed E-state index contributed by atoms with van der Waals surface area (Å²) in [4.78, 5) is 18.3. The lowest BCUT2D eigenvalue weighted by Crippen LogP contribution is -2.39. The van der Waals surface area contributed by atoms with Crippen molar-refractivity contribution in [2.75, 3.05) is 18.6 Å². The molecule has 3 aromatic rings. The Kier molecular flexibility index (Phi) is 6.33. The standard InChI is InChI=1S/C20H21ClN4O4/c1-4-11-28-19(26)13(2)29-16-8-6-15(7-9-16)24(3)20-22-17-10-5-14(21)12-18(17)23-25(20)27/h5-10,12-13H,4,11H2,1-3H3. The summed E-state index contributed by atoms with van der Waals surface area (Å²) in [5, 5.41) is 16.8. The normalized spacial score (nSPS) is 11.9. The highest BCUT2D eigenvalue weighted by Gasteiger charge is 2.20. The van der Waals surface area contributed by atoms with Crippen molar-refractivity contribution in [3.05, 3.63) is 52.7 Å². The minimum Gasteiger partial charge on any atom is -0.722 e. The fourth-order valence-corrected chi connectivity index (χ4v) is 2.77. The number of aromatic nitrogens is 3. The third-order valence-corrected chi connectivity index (χ3v) is 4.38. The quantitative estimate of drug-likeness (QED) is 0.331. The molecule has 9 heteroatoms. The maximum Gasteiger partial charge on any atom is 0.419 e. The zero-order valence-electron chi connectivity index (χ0n) is 16.3. The van der Waals surface area contributed by atoms with Gasteiger partial charge < -0.3 is 14.7 Å². The number of esters is 1. The van der Waals surface area contributed by atoms with Gasteiger partial charge in [0.15, 0.2) is 11.6 Å². The molecule has 0 bridgehead atoms. The first kappa shape index (κ1) is 20.6. The number of anilines is 2. The van der Waals surface area contributed by atoms with Crippen LogP contribution in [-0.2, 0) is 9.53 Å². The number of carbonyl (C=O) groups is 1. The van der Waals surface area contributed by atoms with E-state index in [4.69, 9.17) is 21.1 Å². The molecule has 1 aromatic heterocycles. The Morgan fingerprint density at radius 3 is 2.66 bits per heavy atom. The molecule has 0 N–H and O–H groups in total. The second-order valence-corrected chi connectivity index (χ2v) is 6.83. The van der Waals surface area contributed by atoms with Crippen LogP contribution < -0.4 is 14.5 Å². The molecule has 0 saturated carbocycles. The van der Waals surface area contributed by atoms with Crippen LogP contribution in [0.15, 0.2) is 42.5 Å². The predicted octanol–water partition coefficient (Wildman–Crippen LogP) is 3.41. The van der Waals surface area contributed by atoms with E-state index in [9.17, 15) is 10.0 Å². The first-order valence-corrected chi connectivity index (χ1v) is 9.51. The van der Waals surface area contributed by atoms with Gasteiger partial charge in [-0.3, -0.25) is 0 Å². The summed E-state index contributed by atoms with van der Waals surface area (Å²) in [7, 11) is 1.71. The summed E-state index contributed by atoms with van der Waals surface area (Å²) in [6.07, 6.45) is 0.0382.